The number of rotatable bonds is 3. The summed E-state index contributed by atoms with van der Waals surface area (Å²) in [4.78, 5) is 16.6. The van der Waals surface area contributed by atoms with Crippen LogP contribution in [0.2, 0.25) is 0 Å². The highest BCUT2D eigenvalue weighted by Gasteiger charge is 2.36. The molecule has 144 valence electrons. The molecule has 1 unspecified atom stereocenters. The lowest BCUT2D eigenvalue weighted by molar-refractivity contribution is -0.140. The van der Waals surface area contributed by atoms with Crippen LogP contribution in [0.3, 0.4) is 0 Å². The van der Waals surface area contributed by atoms with Crippen molar-refractivity contribution in [3.63, 3.8) is 0 Å². The van der Waals surface area contributed by atoms with Crippen molar-refractivity contribution in [2.75, 3.05) is 13.1 Å². The molecule has 0 spiro atoms. The van der Waals surface area contributed by atoms with Gasteiger partial charge in [0.1, 0.15) is 5.69 Å². The lowest BCUT2D eigenvalue weighted by Crippen LogP contribution is -2.39. The second-order valence-electron chi connectivity index (χ2n) is 7.35. The number of likely N-dealkylation sites (tertiary alicyclic amines) is 1. The van der Waals surface area contributed by atoms with Crippen molar-refractivity contribution in [1.29, 1.82) is 0 Å². The van der Waals surface area contributed by atoms with Crippen molar-refractivity contribution < 1.29 is 13.2 Å². The molecule has 2 aromatic heterocycles. The summed E-state index contributed by atoms with van der Waals surface area (Å²) in [5, 5.41) is 1.19. The van der Waals surface area contributed by atoms with Crippen LogP contribution in [0.5, 0.6) is 0 Å². The molecule has 1 aliphatic rings. The second kappa shape index (κ2) is 6.71. The molecule has 7 heteroatoms. The van der Waals surface area contributed by atoms with Gasteiger partial charge < -0.3 is 9.55 Å². The Labute approximate surface area is 154 Å². The molecule has 0 bridgehead atoms. The predicted molar refractivity (Wildman–Crippen MR) is 100.0 cm³/mol. The van der Waals surface area contributed by atoms with E-state index in [0.717, 1.165) is 25.9 Å². The van der Waals surface area contributed by atoms with E-state index in [1.54, 1.807) is 16.7 Å². The maximum atomic E-state index is 13.7. The zero-order valence-corrected chi connectivity index (χ0v) is 15.1. The van der Waals surface area contributed by atoms with Gasteiger partial charge in [-0.1, -0.05) is 6.42 Å². The van der Waals surface area contributed by atoms with Crippen LogP contribution < -0.4 is 5.43 Å². The van der Waals surface area contributed by atoms with Gasteiger partial charge in [0.25, 0.3) is 0 Å². The van der Waals surface area contributed by atoms with Gasteiger partial charge in [-0.15, -0.1) is 0 Å². The fourth-order valence-electron chi connectivity index (χ4n) is 4.22. The minimum Gasteiger partial charge on any atom is -0.356 e. The number of halogens is 3. The summed E-state index contributed by atoms with van der Waals surface area (Å²) in [7, 11) is 0. The summed E-state index contributed by atoms with van der Waals surface area (Å²) in [6, 6.07) is 6.21. The van der Waals surface area contributed by atoms with Crippen molar-refractivity contribution in [2.45, 2.75) is 44.9 Å². The standard InChI is InChI=1S/C20H22F3N3O/c1-13(25-9-3-2-4-10-25)12-26-17-11-14(27)5-6-15(17)16-7-8-24-19(18(16)26)20(21,22)23/h5-8,11,13,24H,2-4,9-10,12H2,1H3. The molecule has 1 fully saturated rings. The van der Waals surface area contributed by atoms with Crippen molar-refractivity contribution in [3.05, 3.63) is 46.4 Å². The van der Waals surface area contributed by atoms with Crippen LogP contribution in [0.25, 0.3) is 21.8 Å². The van der Waals surface area contributed by atoms with Gasteiger partial charge in [0.2, 0.25) is 0 Å². The van der Waals surface area contributed by atoms with E-state index in [9.17, 15) is 18.0 Å². The first-order valence-corrected chi connectivity index (χ1v) is 9.31. The molecule has 3 heterocycles. The monoisotopic (exact) mass is 377 g/mol. The third-order valence-electron chi connectivity index (χ3n) is 5.53. The molecule has 27 heavy (non-hydrogen) atoms. The van der Waals surface area contributed by atoms with Crippen LogP contribution in [0.4, 0.5) is 13.2 Å². The zero-order valence-electron chi connectivity index (χ0n) is 15.1. The quantitative estimate of drug-likeness (QED) is 0.736. The Morgan fingerprint density at radius 2 is 1.85 bits per heavy atom. The van der Waals surface area contributed by atoms with E-state index in [0.29, 0.717) is 22.8 Å². The van der Waals surface area contributed by atoms with Gasteiger partial charge in [0.05, 0.1) is 11.0 Å². The molecule has 1 atom stereocenters. The number of nitrogens with zero attached hydrogens (tertiary/aromatic N) is 2. The van der Waals surface area contributed by atoms with Gasteiger partial charge in [-0.05, 0) is 51.1 Å². The van der Waals surface area contributed by atoms with Crippen molar-refractivity contribution in [2.24, 2.45) is 0 Å². The molecule has 1 N–H and O–H groups in total. The minimum atomic E-state index is -4.50. The smallest absolute Gasteiger partial charge is 0.356 e. The van der Waals surface area contributed by atoms with E-state index in [1.165, 1.54) is 24.8 Å². The van der Waals surface area contributed by atoms with Gasteiger partial charge in [-0.3, -0.25) is 9.69 Å². The highest BCUT2D eigenvalue weighted by atomic mass is 19.4. The molecule has 0 amide bonds. The molecule has 0 radical (unpaired) electrons. The summed E-state index contributed by atoms with van der Waals surface area (Å²) in [5.41, 5.74) is -0.287. The molecular weight excluding hydrogens is 355 g/mol. The first-order chi connectivity index (χ1) is 12.9. The predicted octanol–water partition coefficient (Wildman–Crippen LogP) is 4.38. The Morgan fingerprint density at radius 1 is 1.11 bits per heavy atom. The van der Waals surface area contributed by atoms with Crippen LogP contribution in [-0.2, 0) is 12.7 Å². The number of aromatic nitrogens is 2. The van der Waals surface area contributed by atoms with Crippen molar-refractivity contribution in [1.82, 2.24) is 14.5 Å². The number of benzene rings is 1. The number of pyridine rings is 1. The maximum Gasteiger partial charge on any atom is 0.433 e. The van der Waals surface area contributed by atoms with Gasteiger partial charge in [-0.25, -0.2) is 0 Å². The molecule has 4 nitrogen and oxygen atoms in total. The van der Waals surface area contributed by atoms with Crippen LogP contribution >= 0.6 is 0 Å². The van der Waals surface area contributed by atoms with Crippen molar-refractivity contribution >= 4 is 21.8 Å². The zero-order chi connectivity index (χ0) is 19.2. The van der Waals surface area contributed by atoms with Gasteiger partial charge in [-0.2, -0.15) is 13.2 Å². The Hall–Kier alpha value is -2.28. The molecule has 0 aliphatic carbocycles. The van der Waals surface area contributed by atoms with Crippen LogP contribution in [0.15, 0.2) is 35.3 Å². The van der Waals surface area contributed by atoms with E-state index < -0.39 is 11.9 Å². The lowest BCUT2D eigenvalue weighted by Gasteiger charge is -2.33. The Morgan fingerprint density at radius 3 is 2.56 bits per heavy atom. The molecule has 0 saturated carbocycles. The normalized spacial score (nSPS) is 17.6. The van der Waals surface area contributed by atoms with Gasteiger partial charge in [0, 0.05) is 35.6 Å². The number of piperidine rings is 1. The molecule has 3 aromatic rings. The molecular formula is C20H22F3N3O. The average molecular weight is 377 g/mol. The minimum absolute atomic E-state index is 0.0840. The third kappa shape index (κ3) is 3.25. The number of alkyl halides is 3. The van der Waals surface area contributed by atoms with E-state index in [2.05, 4.69) is 9.88 Å². The van der Waals surface area contributed by atoms with Gasteiger partial charge in [0.15, 0.2) is 5.43 Å². The molecule has 1 saturated heterocycles. The second-order valence-corrected chi connectivity index (χ2v) is 7.35. The van der Waals surface area contributed by atoms with Crippen LogP contribution in [0.1, 0.15) is 31.9 Å². The SMILES string of the molecule is CC(Cn1c2cc(=O)ccc2c2cc[nH]c(C(F)(F)F)c21)N1CCCCC1. The number of hydrogen-bond acceptors (Lipinski definition) is 2. The summed E-state index contributed by atoms with van der Waals surface area (Å²) >= 11 is 0. The van der Waals surface area contributed by atoms with E-state index in [-0.39, 0.29) is 17.0 Å². The van der Waals surface area contributed by atoms with Crippen LogP contribution in [0, 0.1) is 0 Å². The topological polar surface area (TPSA) is 41.0 Å². The van der Waals surface area contributed by atoms with E-state index >= 15 is 0 Å². The Balaban J connectivity index is 1.92. The Kier molecular flexibility index (Phi) is 4.50. The first-order valence-electron chi connectivity index (χ1n) is 9.31. The third-order valence-corrected chi connectivity index (χ3v) is 5.53. The highest BCUT2D eigenvalue weighted by molar-refractivity contribution is 6.08. The van der Waals surface area contributed by atoms with E-state index in [1.807, 2.05) is 6.92 Å². The van der Waals surface area contributed by atoms with E-state index in [4.69, 9.17) is 0 Å². The number of nitrogens with one attached hydrogen (secondary N) is 1. The molecule has 1 aromatic carbocycles. The van der Waals surface area contributed by atoms with Gasteiger partial charge >= 0.3 is 6.18 Å². The number of aromatic amines is 1. The average Bonchev–Trinajstić information content (AvgIpc) is 2.94. The fourth-order valence-corrected chi connectivity index (χ4v) is 4.22. The summed E-state index contributed by atoms with van der Waals surface area (Å²) in [5.74, 6) is 0. The number of fused-ring (bicyclic) bond motifs is 3. The molecule has 1 aliphatic heterocycles. The largest absolute Gasteiger partial charge is 0.433 e. The summed E-state index contributed by atoms with van der Waals surface area (Å²) < 4.78 is 42.7. The van der Waals surface area contributed by atoms with Crippen LogP contribution in [-0.4, -0.2) is 33.6 Å². The highest BCUT2D eigenvalue weighted by Crippen LogP contribution is 2.37. The summed E-state index contributed by atoms with van der Waals surface area (Å²) in [6.45, 7) is 4.38. The Bertz CT molecular complexity index is 1030. The number of H-pyrrole nitrogens is 1. The fraction of sp³-hybridized carbons (Fsp3) is 0.450. The molecule has 4 rings (SSSR count). The first kappa shape index (κ1) is 18.1. The lowest BCUT2D eigenvalue weighted by atomic mass is 10.1. The number of hydrogen-bond donors (Lipinski definition) is 1. The maximum absolute atomic E-state index is 13.7. The summed E-state index contributed by atoms with van der Waals surface area (Å²) in [6.07, 6.45) is 0.243. The van der Waals surface area contributed by atoms with Crippen molar-refractivity contribution in [3.8, 4) is 0 Å².